The fourth-order valence-corrected chi connectivity index (χ4v) is 2.95. The largest absolute Gasteiger partial charge is 0.396 e. The van der Waals surface area contributed by atoms with E-state index < -0.39 is 17.8 Å². The van der Waals surface area contributed by atoms with Crippen molar-refractivity contribution in [1.82, 2.24) is 5.32 Å². The topological polar surface area (TPSA) is 78.4 Å². The highest BCUT2D eigenvalue weighted by Crippen LogP contribution is 2.26. The van der Waals surface area contributed by atoms with Crippen LogP contribution in [0.3, 0.4) is 0 Å². The van der Waals surface area contributed by atoms with Crippen molar-refractivity contribution < 1.29 is 19.1 Å². The van der Waals surface area contributed by atoms with Gasteiger partial charge in [0.2, 0.25) is 5.91 Å². The molecule has 3 rings (SSSR count). The highest BCUT2D eigenvalue weighted by Gasteiger charge is 2.22. The van der Waals surface area contributed by atoms with Crippen LogP contribution in [0.15, 0.2) is 42.5 Å². The van der Waals surface area contributed by atoms with Crippen molar-refractivity contribution in [3.63, 3.8) is 0 Å². The van der Waals surface area contributed by atoms with Gasteiger partial charge in [0.1, 0.15) is 5.82 Å². The van der Waals surface area contributed by atoms with Crippen LogP contribution in [0, 0.1) is 5.82 Å². The molecule has 0 radical (unpaired) electrons. The summed E-state index contributed by atoms with van der Waals surface area (Å²) < 4.78 is 14.3. The van der Waals surface area contributed by atoms with E-state index in [0.29, 0.717) is 24.9 Å². The summed E-state index contributed by atoms with van der Waals surface area (Å²) in [5, 5.41) is 14.6. The first-order valence-corrected chi connectivity index (χ1v) is 8.17. The van der Waals surface area contributed by atoms with Crippen LogP contribution in [0.4, 0.5) is 10.1 Å². The first-order valence-electron chi connectivity index (χ1n) is 8.17. The maximum Gasteiger partial charge on any atom is 0.254 e. The number of aliphatic hydroxyl groups is 1. The first kappa shape index (κ1) is 17.1. The summed E-state index contributed by atoms with van der Waals surface area (Å²) in [4.78, 5) is 23.9. The number of anilines is 1. The Kier molecular flexibility index (Phi) is 5.09. The van der Waals surface area contributed by atoms with E-state index in [1.807, 2.05) is 30.3 Å². The molecule has 1 aliphatic rings. The van der Waals surface area contributed by atoms with Gasteiger partial charge in [-0.05, 0) is 36.1 Å². The number of halogens is 1. The molecule has 0 aromatic heterocycles. The number of benzene rings is 2. The lowest BCUT2D eigenvalue weighted by Gasteiger charge is -2.21. The molecule has 130 valence electrons. The number of nitrogens with one attached hydrogen (secondary N) is 2. The van der Waals surface area contributed by atoms with Crippen LogP contribution in [-0.4, -0.2) is 23.5 Å². The Morgan fingerprint density at radius 3 is 2.72 bits per heavy atom. The van der Waals surface area contributed by atoms with Crippen molar-refractivity contribution in [3.8, 4) is 0 Å². The normalized spacial score (nSPS) is 14.4. The van der Waals surface area contributed by atoms with E-state index in [4.69, 9.17) is 0 Å². The molecular weight excluding hydrogens is 323 g/mol. The number of fused-ring (bicyclic) bond motifs is 1. The number of hydrogen-bond donors (Lipinski definition) is 3. The highest BCUT2D eigenvalue weighted by atomic mass is 19.1. The van der Waals surface area contributed by atoms with Gasteiger partial charge in [-0.2, -0.15) is 0 Å². The number of carbonyl (C=O) groups is 2. The summed E-state index contributed by atoms with van der Waals surface area (Å²) >= 11 is 0. The molecule has 1 atom stereocenters. The molecule has 0 saturated carbocycles. The molecule has 0 fully saturated rings. The minimum Gasteiger partial charge on any atom is -0.396 e. The van der Waals surface area contributed by atoms with E-state index in [1.54, 1.807) is 0 Å². The lowest BCUT2D eigenvalue weighted by Crippen LogP contribution is -2.30. The van der Waals surface area contributed by atoms with Gasteiger partial charge in [0.15, 0.2) is 0 Å². The first-order chi connectivity index (χ1) is 12.1. The summed E-state index contributed by atoms with van der Waals surface area (Å²) in [7, 11) is 0. The maximum atomic E-state index is 14.3. The van der Waals surface area contributed by atoms with Crippen molar-refractivity contribution in [3.05, 3.63) is 65.0 Å². The van der Waals surface area contributed by atoms with Crippen LogP contribution >= 0.6 is 0 Å². The van der Waals surface area contributed by atoms with Crippen LogP contribution in [0.25, 0.3) is 0 Å². The van der Waals surface area contributed by atoms with Crippen LogP contribution in [0.1, 0.15) is 40.4 Å². The van der Waals surface area contributed by atoms with E-state index in [0.717, 1.165) is 11.1 Å². The Balaban J connectivity index is 1.83. The monoisotopic (exact) mass is 342 g/mol. The predicted octanol–water partition coefficient (Wildman–Crippen LogP) is 2.56. The van der Waals surface area contributed by atoms with Crippen LogP contribution < -0.4 is 10.6 Å². The second-order valence-corrected chi connectivity index (χ2v) is 5.99. The third-order valence-electron chi connectivity index (χ3n) is 4.26. The van der Waals surface area contributed by atoms with Crippen LogP contribution in [0.2, 0.25) is 0 Å². The van der Waals surface area contributed by atoms with Crippen molar-refractivity contribution in [2.75, 3.05) is 11.9 Å². The number of amides is 2. The van der Waals surface area contributed by atoms with Gasteiger partial charge < -0.3 is 15.7 Å². The third-order valence-corrected chi connectivity index (χ3v) is 4.26. The Bertz CT molecular complexity index is 793. The Hall–Kier alpha value is -2.73. The summed E-state index contributed by atoms with van der Waals surface area (Å²) in [6, 6.07) is 11.5. The molecule has 2 aromatic carbocycles. The summed E-state index contributed by atoms with van der Waals surface area (Å²) in [6.45, 7) is -0.0987. The molecule has 6 heteroatoms. The Morgan fingerprint density at radius 1 is 1.24 bits per heavy atom. The molecule has 5 nitrogen and oxygen atoms in total. The molecule has 0 aliphatic carbocycles. The molecule has 0 bridgehead atoms. The molecule has 0 spiro atoms. The van der Waals surface area contributed by atoms with Gasteiger partial charge in [0.05, 0.1) is 11.6 Å². The highest BCUT2D eigenvalue weighted by molar-refractivity contribution is 5.98. The average molecular weight is 342 g/mol. The minimum atomic E-state index is -0.686. The van der Waals surface area contributed by atoms with Crippen molar-refractivity contribution in [1.29, 1.82) is 0 Å². The fourth-order valence-electron chi connectivity index (χ4n) is 2.95. The van der Waals surface area contributed by atoms with Crippen molar-refractivity contribution in [2.45, 2.75) is 25.3 Å². The van der Waals surface area contributed by atoms with Gasteiger partial charge in [-0.3, -0.25) is 9.59 Å². The van der Waals surface area contributed by atoms with E-state index in [1.165, 1.54) is 12.1 Å². The third kappa shape index (κ3) is 3.85. The van der Waals surface area contributed by atoms with E-state index in [9.17, 15) is 19.1 Å². The zero-order valence-electron chi connectivity index (χ0n) is 13.6. The summed E-state index contributed by atoms with van der Waals surface area (Å²) in [5.41, 5.74) is 1.94. The molecular formula is C19H19FN2O3. The second kappa shape index (κ2) is 7.44. The van der Waals surface area contributed by atoms with Crippen LogP contribution in [0.5, 0.6) is 0 Å². The van der Waals surface area contributed by atoms with Gasteiger partial charge in [-0.15, -0.1) is 0 Å². The van der Waals surface area contributed by atoms with Crippen LogP contribution in [-0.2, 0) is 11.2 Å². The van der Waals surface area contributed by atoms with Gasteiger partial charge in [0, 0.05) is 18.7 Å². The lowest BCUT2D eigenvalue weighted by atomic mass is 9.98. The molecule has 2 amide bonds. The van der Waals surface area contributed by atoms with E-state index >= 15 is 0 Å². The van der Waals surface area contributed by atoms with Gasteiger partial charge in [-0.25, -0.2) is 4.39 Å². The molecule has 0 saturated heterocycles. The van der Waals surface area contributed by atoms with E-state index in [-0.39, 0.29) is 18.1 Å². The smallest absolute Gasteiger partial charge is 0.254 e. The molecule has 1 aliphatic heterocycles. The van der Waals surface area contributed by atoms with Gasteiger partial charge in [0.25, 0.3) is 5.91 Å². The SMILES string of the molecule is O=C1CCc2cc(C(=O)NC(CCO)c3ccccc3)c(F)cc2N1. The van der Waals surface area contributed by atoms with Gasteiger partial charge >= 0.3 is 0 Å². The number of carbonyl (C=O) groups excluding carboxylic acids is 2. The Labute approximate surface area is 144 Å². The zero-order chi connectivity index (χ0) is 17.8. The molecule has 2 aromatic rings. The predicted molar refractivity (Wildman–Crippen MR) is 91.7 cm³/mol. The average Bonchev–Trinajstić information content (AvgIpc) is 2.61. The Morgan fingerprint density at radius 2 is 2.00 bits per heavy atom. The molecule has 1 heterocycles. The number of rotatable bonds is 5. The minimum absolute atomic E-state index is 0.0613. The van der Waals surface area contributed by atoms with Gasteiger partial charge in [-0.1, -0.05) is 30.3 Å². The van der Waals surface area contributed by atoms with Crippen molar-refractivity contribution in [2.24, 2.45) is 0 Å². The molecule has 1 unspecified atom stereocenters. The summed E-state index contributed by atoms with van der Waals surface area (Å²) in [6.07, 6.45) is 1.12. The van der Waals surface area contributed by atoms with Crippen molar-refractivity contribution >= 4 is 17.5 Å². The zero-order valence-corrected chi connectivity index (χ0v) is 13.6. The standard InChI is InChI=1S/C19H19FN2O3/c20-15-11-17-13(6-7-18(24)21-17)10-14(15)19(25)22-16(8-9-23)12-4-2-1-3-5-12/h1-5,10-11,16,23H,6-9H2,(H,21,24)(H,22,25). The number of hydrogen-bond acceptors (Lipinski definition) is 3. The molecule has 3 N–H and O–H groups in total. The lowest BCUT2D eigenvalue weighted by molar-refractivity contribution is -0.116. The number of aliphatic hydroxyl groups excluding tert-OH is 1. The maximum absolute atomic E-state index is 14.3. The quantitative estimate of drug-likeness (QED) is 0.781. The molecule has 25 heavy (non-hydrogen) atoms. The number of aryl methyl sites for hydroxylation is 1. The fraction of sp³-hybridized carbons (Fsp3) is 0.263. The second-order valence-electron chi connectivity index (χ2n) is 5.99. The van der Waals surface area contributed by atoms with E-state index in [2.05, 4.69) is 10.6 Å². The summed E-state index contributed by atoms with van der Waals surface area (Å²) in [5.74, 6) is -1.38.